The van der Waals surface area contributed by atoms with E-state index in [1.165, 1.54) is 12.1 Å². The summed E-state index contributed by atoms with van der Waals surface area (Å²) in [4.78, 5) is 23.6. The molecule has 160 valence electrons. The maximum absolute atomic E-state index is 12.1. The summed E-state index contributed by atoms with van der Waals surface area (Å²) < 4.78 is 5.72. The molecule has 0 saturated heterocycles. The zero-order valence-electron chi connectivity index (χ0n) is 16.3. The fraction of sp³-hybridized carbons (Fsp3) is 0.333. The topological polar surface area (TPSA) is 146 Å². The quantitative estimate of drug-likeness (QED) is 0.540. The average Bonchev–Trinajstić information content (AvgIpc) is 2.68. The number of carbonyl (C=O) groups is 1. The fourth-order valence-electron chi connectivity index (χ4n) is 2.70. The summed E-state index contributed by atoms with van der Waals surface area (Å²) in [6.45, 7) is 5.94. The summed E-state index contributed by atoms with van der Waals surface area (Å²) in [6, 6.07) is 4.38. The number of benzene rings is 1. The number of hydrazone groups is 1. The summed E-state index contributed by atoms with van der Waals surface area (Å²) in [5, 5.41) is 23.6. The Bertz CT molecular complexity index is 1050. The van der Waals surface area contributed by atoms with E-state index in [1.807, 2.05) is 20.8 Å². The Balaban J connectivity index is 1.93. The van der Waals surface area contributed by atoms with E-state index in [9.17, 15) is 14.7 Å². The molecule has 1 aliphatic rings. The first-order valence-electron chi connectivity index (χ1n) is 8.97. The molecule has 1 aromatic heterocycles. The van der Waals surface area contributed by atoms with Crippen molar-refractivity contribution in [2.45, 2.75) is 33.0 Å². The molecule has 5 N–H and O–H groups in total. The number of nitrogens with zero attached hydrogens (tertiary/aromatic N) is 3. The standard InChI is InChI=1S/C18H20Cl2N6O4/c1-7(2)8(3)10-6-13(23-24-16(10)27)30-14-11(19)4-9(5-12(14)20)26-18(29)22-17(28)15(21)25-26/h4-8,18,29H,1-3H3,(H2,21,25)(H,22,28)(H,24,27)/t8-,18?/m0/s1. The van der Waals surface area contributed by atoms with Crippen LogP contribution >= 0.6 is 23.2 Å². The Morgan fingerprint density at radius 3 is 2.43 bits per heavy atom. The molecule has 30 heavy (non-hydrogen) atoms. The van der Waals surface area contributed by atoms with Gasteiger partial charge in [-0.2, -0.15) is 0 Å². The SMILES string of the molecule is CC(C)[C@H](C)c1cc(Oc2c(Cl)cc(N3N=C(N)C(=O)NC3O)cc2Cl)n[nH]c1=O. The van der Waals surface area contributed by atoms with Crippen LogP contribution in [0.2, 0.25) is 10.0 Å². The first-order chi connectivity index (χ1) is 14.1. The van der Waals surface area contributed by atoms with Crippen LogP contribution in [0.25, 0.3) is 0 Å². The molecule has 1 aromatic carbocycles. The van der Waals surface area contributed by atoms with Gasteiger partial charge in [-0.3, -0.25) is 9.59 Å². The Hall–Kier alpha value is -2.82. The first kappa shape index (κ1) is 21.9. The number of amides is 1. The number of hydrogen-bond acceptors (Lipinski definition) is 8. The van der Waals surface area contributed by atoms with E-state index < -0.39 is 12.3 Å². The van der Waals surface area contributed by atoms with Gasteiger partial charge in [-0.25, -0.2) is 10.1 Å². The minimum Gasteiger partial charge on any atom is -0.434 e. The zero-order chi connectivity index (χ0) is 22.2. The third-order valence-electron chi connectivity index (χ3n) is 4.69. The van der Waals surface area contributed by atoms with Crippen LogP contribution in [-0.4, -0.2) is 33.4 Å². The number of aromatic nitrogens is 2. The molecule has 2 aromatic rings. The van der Waals surface area contributed by atoms with Gasteiger partial charge in [0, 0.05) is 11.6 Å². The van der Waals surface area contributed by atoms with Gasteiger partial charge >= 0.3 is 0 Å². The number of anilines is 1. The molecule has 0 radical (unpaired) electrons. The molecule has 10 nitrogen and oxygen atoms in total. The number of rotatable bonds is 5. The number of amidine groups is 1. The molecular weight excluding hydrogens is 435 g/mol. The van der Waals surface area contributed by atoms with Gasteiger partial charge in [-0.1, -0.05) is 44.0 Å². The highest BCUT2D eigenvalue weighted by Crippen LogP contribution is 2.40. The second-order valence-corrected chi connectivity index (χ2v) is 7.86. The summed E-state index contributed by atoms with van der Waals surface area (Å²) in [5.74, 6) is -0.620. The summed E-state index contributed by atoms with van der Waals surface area (Å²) in [7, 11) is 0. The maximum atomic E-state index is 12.1. The number of halogens is 2. The van der Waals surface area contributed by atoms with Crippen molar-refractivity contribution in [3.63, 3.8) is 0 Å². The van der Waals surface area contributed by atoms with Gasteiger partial charge in [-0.05, 0) is 24.0 Å². The Morgan fingerprint density at radius 1 is 1.20 bits per heavy atom. The number of nitrogens with two attached hydrogens (primary N) is 1. The molecule has 1 unspecified atom stereocenters. The molecule has 0 bridgehead atoms. The van der Waals surface area contributed by atoms with Crippen molar-refractivity contribution in [3.8, 4) is 11.6 Å². The highest BCUT2D eigenvalue weighted by molar-refractivity contribution is 6.38. The largest absolute Gasteiger partial charge is 0.434 e. The number of H-pyrrole nitrogens is 1. The van der Waals surface area contributed by atoms with Gasteiger partial charge in [0.25, 0.3) is 11.5 Å². The van der Waals surface area contributed by atoms with Crippen molar-refractivity contribution in [1.29, 1.82) is 0 Å². The molecular formula is C18H20Cl2N6O4. The van der Waals surface area contributed by atoms with Gasteiger partial charge in [0.2, 0.25) is 18.1 Å². The summed E-state index contributed by atoms with van der Waals surface area (Å²) in [5.41, 5.74) is 5.99. The molecule has 2 atom stereocenters. The Kier molecular flexibility index (Phi) is 6.20. The molecule has 1 aliphatic heterocycles. The smallest absolute Gasteiger partial charge is 0.291 e. The van der Waals surface area contributed by atoms with E-state index in [0.717, 1.165) is 5.01 Å². The van der Waals surface area contributed by atoms with Crippen LogP contribution in [0.4, 0.5) is 5.69 Å². The fourth-order valence-corrected chi connectivity index (χ4v) is 3.25. The average molecular weight is 455 g/mol. The Morgan fingerprint density at radius 2 is 1.83 bits per heavy atom. The van der Waals surface area contributed by atoms with Crippen molar-refractivity contribution < 1.29 is 14.6 Å². The van der Waals surface area contributed by atoms with Crippen LogP contribution in [0.15, 0.2) is 28.1 Å². The van der Waals surface area contributed by atoms with Gasteiger partial charge in [0.1, 0.15) is 0 Å². The van der Waals surface area contributed by atoms with Crippen LogP contribution in [-0.2, 0) is 4.79 Å². The lowest BCUT2D eigenvalue weighted by molar-refractivity contribution is -0.118. The van der Waals surface area contributed by atoms with Crippen molar-refractivity contribution >= 4 is 40.6 Å². The van der Waals surface area contributed by atoms with E-state index in [1.54, 1.807) is 6.07 Å². The second-order valence-electron chi connectivity index (χ2n) is 7.04. The van der Waals surface area contributed by atoms with Crippen molar-refractivity contribution in [1.82, 2.24) is 15.5 Å². The number of nitrogens with one attached hydrogen (secondary N) is 2. The molecule has 2 heterocycles. The molecule has 0 aliphatic carbocycles. The lowest BCUT2D eigenvalue weighted by Gasteiger charge is -2.29. The van der Waals surface area contributed by atoms with Crippen LogP contribution in [0.1, 0.15) is 32.3 Å². The first-order valence-corrected chi connectivity index (χ1v) is 9.72. The lowest BCUT2D eigenvalue weighted by Crippen LogP contribution is -2.55. The number of ether oxygens (including phenoxy) is 1. The zero-order valence-corrected chi connectivity index (χ0v) is 17.8. The predicted octanol–water partition coefficient (Wildman–Crippen LogP) is 2.11. The van der Waals surface area contributed by atoms with Gasteiger partial charge < -0.3 is 20.9 Å². The monoisotopic (exact) mass is 454 g/mol. The van der Waals surface area contributed by atoms with Crippen LogP contribution in [0.5, 0.6) is 11.6 Å². The van der Waals surface area contributed by atoms with E-state index >= 15 is 0 Å². The van der Waals surface area contributed by atoms with Crippen LogP contribution in [0.3, 0.4) is 0 Å². The highest BCUT2D eigenvalue weighted by atomic mass is 35.5. The van der Waals surface area contributed by atoms with E-state index in [4.69, 9.17) is 33.7 Å². The van der Waals surface area contributed by atoms with Crippen LogP contribution in [0, 0.1) is 5.92 Å². The van der Waals surface area contributed by atoms with Crippen molar-refractivity contribution in [2.24, 2.45) is 16.8 Å². The van der Waals surface area contributed by atoms with E-state index in [0.29, 0.717) is 5.56 Å². The third-order valence-corrected chi connectivity index (χ3v) is 5.26. The summed E-state index contributed by atoms with van der Waals surface area (Å²) in [6.07, 6.45) is -1.45. The molecule has 3 rings (SSSR count). The molecule has 0 spiro atoms. The number of aliphatic hydroxyl groups excluding tert-OH is 1. The normalized spacial score (nSPS) is 17.6. The molecule has 0 fully saturated rings. The molecule has 12 heteroatoms. The Labute approximate surface area is 181 Å². The second kappa shape index (κ2) is 8.50. The van der Waals surface area contributed by atoms with E-state index in [2.05, 4.69) is 20.6 Å². The number of aliphatic hydroxyl groups is 1. The lowest BCUT2D eigenvalue weighted by atomic mass is 9.91. The number of hydrogen-bond donors (Lipinski definition) is 4. The molecule has 0 saturated carbocycles. The van der Waals surface area contributed by atoms with Gasteiger partial charge in [0.15, 0.2) is 5.75 Å². The number of aromatic amines is 1. The molecule has 1 amide bonds. The number of carbonyl (C=O) groups excluding carboxylic acids is 1. The minimum absolute atomic E-state index is 0.0217. The highest BCUT2D eigenvalue weighted by Gasteiger charge is 2.27. The predicted molar refractivity (Wildman–Crippen MR) is 113 cm³/mol. The third kappa shape index (κ3) is 4.35. The van der Waals surface area contributed by atoms with E-state index in [-0.39, 0.29) is 50.6 Å². The van der Waals surface area contributed by atoms with Crippen molar-refractivity contribution in [3.05, 3.63) is 44.2 Å². The van der Waals surface area contributed by atoms with Crippen LogP contribution < -0.4 is 26.4 Å². The maximum Gasteiger partial charge on any atom is 0.291 e. The van der Waals surface area contributed by atoms with Gasteiger partial charge in [-0.15, -0.1) is 10.2 Å². The van der Waals surface area contributed by atoms with Gasteiger partial charge in [0.05, 0.1) is 15.7 Å². The van der Waals surface area contributed by atoms with Crippen molar-refractivity contribution in [2.75, 3.05) is 5.01 Å². The summed E-state index contributed by atoms with van der Waals surface area (Å²) >= 11 is 12.6. The minimum atomic E-state index is -1.45.